The zero-order chi connectivity index (χ0) is 12.7. The van der Waals surface area contributed by atoms with E-state index in [1.807, 2.05) is 18.4 Å². The van der Waals surface area contributed by atoms with Crippen LogP contribution in [0.25, 0.3) is 0 Å². The van der Waals surface area contributed by atoms with Gasteiger partial charge in [-0.2, -0.15) is 0 Å². The SMILES string of the molecule is CNC(C)c1sc(N2CC3CCCC3C2)nc1C. The van der Waals surface area contributed by atoms with Gasteiger partial charge in [-0.05, 0) is 45.6 Å². The number of nitrogens with zero attached hydrogens (tertiary/aromatic N) is 2. The van der Waals surface area contributed by atoms with Gasteiger partial charge >= 0.3 is 0 Å². The number of hydrogen-bond donors (Lipinski definition) is 1. The van der Waals surface area contributed by atoms with Crippen LogP contribution in [0, 0.1) is 18.8 Å². The molecule has 2 heterocycles. The standard InChI is InChI=1S/C14H23N3S/c1-9(15-3)13-10(2)16-14(18-13)17-7-11-5-4-6-12(11)8-17/h9,11-12,15H,4-8H2,1-3H3. The van der Waals surface area contributed by atoms with Crippen LogP contribution in [0.4, 0.5) is 5.13 Å². The van der Waals surface area contributed by atoms with E-state index in [9.17, 15) is 0 Å². The van der Waals surface area contributed by atoms with E-state index in [0.29, 0.717) is 6.04 Å². The highest BCUT2D eigenvalue weighted by Gasteiger charge is 2.37. The summed E-state index contributed by atoms with van der Waals surface area (Å²) in [6, 6.07) is 0.415. The lowest BCUT2D eigenvalue weighted by atomic mass is 10.0. The maximum absolute atomic E-state index is 4.79. The Hall–Kier alpha value is -0.610. The fourth-order valence-corrected chi connectivity index (χ4v) is 4.60. The Labute approximate surface area is 114 Å². The molecule has 0 aromatic carbocycles. The van der Waals surface area contributed by atoms with Gasteiger partial charge in [0.25, 0.3) is 0 Å². The van der Waals surface area contributed by atoms with Crippen molar-refractivity contribution in [3.05, 3.63) is 10.6 Å². The van der Waals surface area contributed by atoms with E-state index >= 15 is 0 Å². The Morgan fingerprint density at radius 2 is 2.00 bits per heavy atom. The van der Waals surface area contributed by atoms with Gasteiger partial charge in [0.1, 0.15) is 0 Å². The zero-order valence-corrected chi connectivity index (χ0v) is 12.4. The molecule has 1 saturated heterocycles. The van der Waals surface area contributed by atoms with Crippen molar-refractivity contribution >= 4 is 16.5 Å². The van der Waals surface area contributed by atoms with E-state index in [4.69, 9.17) is 4.98 Å². The number of aromatic nitrogens is 1. The molecule has 1 aliphatic heterocycles. The molecule has 3 nitrogen and oxygen atoms in total. The van der Waals surface area contributed by atoms with Gasteiger partial charge in [0.15, 0.2) is 5.13 Å². The van der Waals surface area contributed by atoms with Crippen LogP contribution < -0.4 is 10.2 Å². The first-order valence-corrected chi connectivity index (χ1v) is 7.90. The Bertz CT molecular complexity index is 417. The fourth-order valence-electron chi connectivity index (χ4n) is 3.45. The molecule has 100 valence electrons. The minimum absolute atomic E-state index is 0.415. The van der Waals surface area contributed by atoms with Gasteiger partial charge in [0.2, 0.25) is 0 Å². The topological polar surface area (TPSA) is 28.2 Å². The fraction of sp³-hybridized carbons (Fsp3) is 0.786. The van der Waals surface area contributed by atoms with Gasteiger partial charge < -0.3 is 10.2 Å². The number of hydrogen-bond acceptors (Lipinski definition) is 4. The second-order valence-electron chi connectivity index (χ2n) is 5.81. The lowest BCUT2D eigenvalue weighted by Crippen LogP contribution is -2.20. The minimum Gasteiger partial charge on any atom is -0.348 e. The molecule has 0 amide bonds. The lowest BCUT2D eigenvalue weighted by Gasteiger charge is -2.15. The molecule has 3 unspecified atom stereocenters. The summed E-state index contributed by atoms with van der Waals surface area (Å²) in [5, 5.41) is 4.57. The Morgan fingerprint density at radius 3 is 2.61 bits per heavy atom. The quantitative estimate of drug-likeness (QED) is 0.910. The largest absolute Gasteiger partial charge is 0.348 e. The highest BCUT2D eigenvalue weighted by atomic mass is 32.1. The molecule has 2 aliphatic rings. The number of nitrogens with one attached hydrogen (secondary N) is 1. The number of rotatable bonds is 3. The molecule has 1 N–H and O–H groups in total. The third-order valence-corrected chi connectivity index (χ3v) is 6.05. The summed E-state index contributed by atoms with van der Waals surface area (Å²) in [4.78, 5) is 8.71. The van der Waals surface area contributed by atoms with E-state index < -0.39 is 0 Å². The predicted molar refractivity (Wildman–Crippen MR) is 77.4 cm³/mol. The number of fused-ring (bicyclic) bond motifs is 1. The smallest absolute Gasteiger partial charge is 0.185 e. The van der Waals surface area contributed by atoms with Crippen molar-refractivity contribution in [2.24, 2.45) is 11.8 Å². The van der Waals surface area contributed by atoms with Crippen LogP contribution in [0.5, 0.6) is 0 Å². The van der Waals surface area contributed by atoms with Crippen molar-refractivity contribution in [2.45, 2.75) is 39.2 Å². The predicted octanol–water partition coefficient (Wildman–Crippen LogP) is 2.97. The van der Waals surface area contributed by atoms with E-state index in [-0.39, 0.29) is 0 Å². The molecule has 1 saturated carbocycles. The summed E-state index contributed by atoms with van der Waals surface area (Å²) < 4.78 is 0. The van der Waals surface area contributed by atoms with Crippen LogP contribution in [0.2, 0.25) is 0 Å². The molecule has 0 radical (unpaired) electrons. The average molecular weight is 265 g/mol. The van der Waals surface area contributed by atoms with E-state index in [2.05, 4.69) is 24.1 Å². The van der Waals surface area contributed by atoms with Gasteiger partial charge in [-0.25, -0.2) is 4.98 Å². The monoisotopic (exact) mass is 265 g/mol. The highest BCUT2D eigenvalue weighted by molar-refractivity contribution is 7.15. The van der Waals surface area contributed by atoms with Crippen molar-refractivity contribution in [3.8, 4) is 0 Å². The summed E-state index contributed by atoms with van der Waals surface area (Å²) >= 11 is 1.88. The van der Waals surface area contributed by atoms with Crippen LogP contribution >= 0.6 is 11.3 Å². The van der Waals surface area contributed by atoms with Crippen molar-refractivity contribution in [1.82, 2.24) is 10.3 Å². The van der Waals surface area contributed by atoms with Gasteiger partial charge in [-0.1, -0.05) is 6.42 Å². The summed E-state index contributed by atoms with van der Waals surface area (Å²) in [5.41, 5.74) is 1.20. The van der Waals surface area contributed by atoms with Crippen LogP contribution in [-0.2, 0) is 0 Å². The van der Waals surface area contributed by atoms with Gasteiger partial charge in [-0.15, -0.1) is 11.3 Å². The maximum atomic E-state index is 4.79. The molecule has 1 aromatic heterocycles. The molecular weight excluding hydrogens is 242 g/mol. The Morgan fingerprint density at radius 1 is 1.33 bits per heavy atom. The van der Waals surface area contributed by atoms with Crippen LogP contribution in [0.1, 0.15) is 42.8 Å². The third kappa shape index (κ3) is 2.05. The Balaban J connectivity index is 1.77. The van der Waals surface area contributed by atoms with Gasteiger partial charge in [0, 0.05) is 24.0 Å². The number of thiazole rings is 1. The molecule has 3 atom stereocenters. The van der Waals surface area contributed by atoms with E-state index in [1.165, 1.54) is 48.1 Å². The minimum atomic E-state index is 0.415. The Kier molecular flexibility index (Phi) is 3.32. The van der Waals surface area contributed by atoms with E-state index in [1.54, 1.807) is 0 Å². The first kappa shape index (κ1) is 12.4. The molecule has 3 rings (SSSR count). The summed E-state index contributed by atoms with van der Waals surface area (Å²) in [6.45, 7) is 6.83. The lowest BCUT2D eigenvalue weighted by molar-refractivity contribution is 0.494. The molecule has 2 fully saturated rings. The normalized spacial score (nSPS) is 28.7. The second-order valence-corrected chi connectivity index (χ2v) is 6.82. The van der Waals surface area contributed by atoms with Crippen molar-refractivity contribution < 1.29 is 0 Å². The maximum Gasteiger partial charge on any atom is 0.185 e. The van der Waals surface area contributed by atoms with E-state index in [0.717, 1.165) is 11.8 Å². The molecular formula is C14H23N3S. The first-order chi connectivity index (χ1) is 8.69. The van der Waals surface area contributed by atoms with Crippen molar-refractivity contribution in [3.63, 3.8) is 0 Å². The molecule has 0 spiro atoms. The number of anilines is 1. The van der Waals surface area contributed by atoms with Crippen molar-refractivity contribution in [2.75, 3.05) is 25.0 Å². The molecule has 1 aromatic rings. The molecule has 18 heavy (non-hydrogen) atoms. The summed E-state index contributed by atoms with van der Waals surface area (Å²) in [6.07, 6.45) is 4.32. The summed E-state index contributed by atoms with van der Waals surface area (Å²) in [5.74, 6) is 1.89. The molecule has 0 bridgehead atoms. The van der Waals surface area contributed by atoms with Gasteiger partial charge in [-0.3, -0.25) is 0 Å². The van der Waals surface area contributed by atoms with Crippen LogP contribution in [0.15, 0.2) is 0 Å². The van der Waals surface area contributed by atoms with Gasteiger partial charge in [0.05, 0.1) is 5.69 Å². The zero-order valence-electron chi connectivity index (χ0n) is 11.6. The second kappa shape index (κ2) is 4.82. The van der Waals surface area contributed by atoms with Crippen LogP contribution in [0.3, 0.4) is 0 Å². The third-order valence-electron chi connectivity index (χ3n) is 4.64. The molecule has 4 heteroatoms. The highest BCUT2D eigenvalue weighted by Crippen LogP contribution is 2.41. The number of aryl methyl sites for hydroxylation is 1. The van der Waals surface area contributed by atoms with Crippen LogP contribution in [-0.4, -0.2) is 25.1 Å². The molecule has 1 aliphatic carbocycles. The average Bonchev–Trinajstić information content (AvgIpc) is 3.00. The van der Waals surface area contributed by atoms with Crippen molar-refractivity contribution in [1.29, 1.82) is 0 Å². The summed E-state index contributed by atoms with van der Waals surface area (Å²) in [7, 11) is 2.02. The first-order valence-electron chi connectivity index (χ1n) is 7.08.